The zero-order valence-electron chi connectivity index (χ0n) is 8.46. The van der Waals surface area contributed by atoms with E-state index in [4.69, 9.17) is 5.73 Å². The third kappa shape index (κ3) is 2.82. The molecule has 1 heterocycles. The summed E-state index contributed by atoms with van der Waals surface area (Å²) in [5, 5.41) is 6.65. The highest BCUT2D eigenvalue weighted by Gasteiger charge is 2.15. The highest BCUT2D eigenvalue weighted by Crippen LogP contribution is 2.10. The second kappa shape index (κ2) is 4.97. The van der Waals surface area contributed by atoms with Gasteiger partial charge in [0, 0.05) is 17.6 Å². The van der Waals surface area contributed by atoms with Crippen molar-refractivity contribution in [3.63, 3.8) is 0 Å². The number of aryl methyl sites for hydroxylation is 1. The average molecular weight is 273 g/mol. The Bertz CT molecular complexity index is 385. The van der Waals surface area contributed by atoms with Crippen molar-refractivity contribution < 1.29 is 4.79 Å². The molecule has 0 bridgehead atoms. The zero-order valence-corrected chi connectivity index (χ0v) is 10.0. The first kappa shape index (κ1) is 11.8. The van der Waals surface area contributed by atoms with E-state index in [9.17, 15) is 4.79 Å². The Morgan fingerprint density at radius 2 is 2.47 bits per heavy atom. The van der Waals surface area contributed by atoms with Gasteiger partial charge in [-0.15, -0.1) is 0 Å². The number of nitrogens with one attached hydrogen (secondary N) is 1. The van der Waals surface area contributed by atoms with Crippen molar-refractivity contribution in [3.05, 3.63) is 23.0 Å². The first-order valence-corrected chi connectivity index (χ1v) is 5.28. The van der Waals surface area contributed by atoms with Gasteiger partial charge in [0.2, 0.25) is 0 Å². The van der Waals surface area contributed by atoms with Gasteiger partial charge in [-0.1, -0.05) is 22.5 Å². The Hall–Kier alpha value is -1.30. The maximum atomic E-state index is 11.7. The number of anilines is 1. The van der Waals surface area contributed by atoms with Crippen molar-refractivity contribution >= 4 is 27.5 Å². The molecule has 0 aliphatic heterocycles. The van der Waals surface area contributed by atoms with Crippen LogP contribution in [0.15, 0.2) is 17.3 Å². The maximum Gasteiger partial charge on any atom is 0.271 e. The number of hydrogen-bond acceptors (Lipinski definition) is 3. The van der Waals surface area contributed by atoms with E-state index in [0.717, 1.165) is 0 Å². The standard InChI is InChI=1S/C9H13BrN4O/c1-3-14-8(7(11)5-13-14)9(15)12-4-6(2)10/h5H,2-4,11H2,1H3,(H,12,15). The number of halogens is 1. The fourth-order valence-electron chi connectivity index (χ4n) is 1.15. The van der Waals surface area contributed by atoms with Gasteiger partial charge in [0.1, 0.15) is 5.69 Å². The summed E-state index contributed by atoms with van der Waals surface area (Å²) in [5.74, 6) is -0.243. The minimum atomic E-state index is -0.243. The van der Waals surface area contributed by atoms with Gasteiger partial charge in [-0.05, 0) is 6.92 Å². The van der Waals surface area contributed by atoms with Crippen LogP contribution in [0.25, 0.3) is 0 Å². The first-order valence-electron chi connectivity index (χ1n) is 4.49. The van der Waals surface area contributed by atoms with Crippen LogP contribution < -0.4 is 11.1 Å². The van der Waals surface area contributed by atoms with E-state index in [-0.39, 0.29) is 5.91 Å². The normalized spacial score (nSPS) is 10.0. The smallest absolute Gasteiger partial charge is 0.271 e. The van der Waals surface area contributed by atoms with Crippen LogP contribution in [0, 0.1) is 0 Å². The predicted octanol–water partition coefficient (Wildman–Crippen LogP) is 1.12. The molecule has 3 N–H and O–H groups in total. The van der Waals surface area contributed by atoms with Gasteiger partial charge in [-0.3, -0.25) is 9.48 Å². The molecule has 0 aliphatic rings. The summed E-state index contributed by atoms with van der Waals surface area (Å²) in [6.07, 6.45) is 1.47. The molecule has 0 radical (unpaired) electrons. The molecule has 15 heavy (non-hydrogen) atoms. The number of nitrogens with two attached hydrogens (primary N) is 1. The largest absolute Gasteiger partial charge is 0.396 e. The summed E-state index contributed by atoms with van der Waals surface area (Å²) in [7, 11) is 0. The van der Waals surface area contributed by atoms with Crippen LogP contribution in [-0.2, 0) is 6.54 Å². The van der Waals surface area contributed by atoms with Gasteiger partial charge < -0.3 is 11.1 Å². The van der Waals surface area contributed by atoms with E-state index in [1.54, 1.807) is 4.68 Å². The molecule has 0 aliphatic carbocycles. The topological polar surface area (TPSA) is 72.9 Å². The molecular formula is C9H13BrN4O. The van der Waals surface area contributed by atoms with Crippen molar-refractivity contribution in [1.82, 2.24) is 15.1 Å². The second-order valence-electron chi connectivity index (χ2n) is 2.96. The van der Waals surface area contributed by atoms with Crippen LogP contribution in [-0.4, -0.2) is 22.2 Å². The molecule has 0 fully saturated rings. The van der Waals surface area contributed by atoms with E-state index in [1.807, 2.05) is 6.92 Å². The first-order chi connectivity index (χ1) is 7.06. The fraction of sp³-hybridized carbons (Fsp3) is 0.333. The van der Waals surface area contributed by atoms with E-state index >= 15 is 0 Å². The number of amides is 1. The number of carbonyl (C=O) groups is 1. The van der Waals surface area contributed by atoms with E-state index in [1.165, 1.54) is 6.20 Å². The lowest BCUT2D eigenvalue weighted by molar-refractivity contribution is 0.0948. The highest BCUT2D eigenvalue weighted by atomic mass is 79.9. The van der Waals surface area contributed by atoms with Crippen molar-refractivity contribution in [3.8, 4) is 0 Å². The molecule has 0 saturated carbocycles. The lowest BCUT2D eigenvalue weighted by Gasteiger charge is -2.06. The lowest BCUT2D eigenvalue weighted by atomic mass is 10.3. The van der Waals surface area contributed by atoms with Crippen LogP contribution >= 0.6 is 15.9 Å². The molecular weight excluding hydrogens is 260 g/mol. The molecule has 82 valence electrons. The Balaban J connectivity index is 2.80. The Morgan fingerprint density at radius 3 is 3.00 bits per heavy atom. The van der Waals surface area contributed by atoms with E-state index in [0.29, 0.717) is 29.0 Å². The molecule has 1 aromatic heterocycles. The molecule has 0 spiro atoms. The van der Waals surface area contributed by atoms with Crippen molar-refractivity contribution in [2.24, 2.45) is 0 Å². The van der Waals surface area contributed by atoms with Gasteiger partial charge in [0.05, 0.1) is 11.9 Å². The number of hydrogen-bond donors (Lipinski definition) is 2. The Kier molecular flexibility index (Phi) is 3.90. The summed E-state index contributed by atoms with van der Waals surface area (Å²) in [6.45, 7) is 6.49. The molecule has 0 saturated heterocycles. The molecule has 0 unspecified atom stereocenters. The molecule has 0 atom stereocenters. The molecule has 6 heteroatoms. The number of nitrogens with zero attached hydrogens (tertiary/aromatic N) is 2. The third-order valence-corrected chi connectivity index (χ3v) is 2.10. The van der Waals surface area contributed by atoms with Crippen molar-refractivity contribution in [2.45, 2.75) is 13.5 Å². The maximum absolute atomic E-state index is 11.7. The fourth-order valence-corrected chi connectivity index (χ4v) is 1.29. The molecule has 1 aromatic rings. The summed E-state index contributed by atoms with van der Waals surface area (Å²) in [5.41, 5.74) is 6.42. The van der Waals surface area contributed by atoms with Crippen molar-refractivity contribution in [1.29, 1.82) is 0 Å². The molecule has 1 amide bonds. The van der Waals surface area contributed by atoms with Crippen molar-refractivity contribution in [2.75, 3.05) is 12.3 Å². The number of nitrogen functional groups attached to an aromatic ring is 1. The predicted molar refractivity (Wildman–Crippen MR) is 62.7 cm³/mol. The third-order valence-electron chi connectivity index (χ3n) is 1.82. The van der Waals surface area contributed by atoms with Gasteiger partial charge in [-0.2, -0.15) is 5.10 Å². The van der Waals surface area contributed by atoms with Crippen LogP contribution in [0.4, 0.5) is 5.69 Å². The second-order valence-corrected chi connectivity index (χ2v) is 4.09. The number of aromatic nitrogens is 2. The van der Waals surface area contributed by atoms with Crippen LogP contribution in [0.1, 0.15) is 17.4 Å². The summed E-state index contributed by atoms with van der Waals surface area (Å²) in [4.78, 5) is 11.7. The Labute approximate surface area is 96.5 Å². The summed E-state index contributed by atoms with van der Waals surface area (Å²) >= 11 is 3.16. The molecule has 0 aromatic carbocycles. The lowest BCUT2D eigenvalue weighted by Crippen LogP contribution is -2.27. The quantitative estimate of drug-likeness (QED) is 0.863. The van der Waals surface area contributed by atoms with Gasteiger partial charge in [-0.25, -0.2) is 0 Å². The molecule has 1 rings (SSSR count). The van der Waals surface area contributed by atoms with Crippen LogP contribution in [0.2, 0.25) is 0 Å². The average Bonchev–Trinajstić information content (AvgIpc) is 2.56. The minimum absolute atomic E-state index is 0.243. The monoisotopic (exact) mass is 272 g/mol. The number of carbonyl (C=O) groups excluding carboxylic acids is 1. The van der Waals surface area contributed by atoms with Gasteiger partial charge >= 0.3 is 0 Å². The van der Waals surface area contributed by atoms with Gasteiger partial charge in [0.15, 0.2) is 0 Å². The van der Waals surface area contributed by atoms with Crippen LogP contribution in [0.5, 0.6) is 0 Å². The SMILES string of the molecule is C=C(Br)CNC(=O)c1c(N)cnn1CC. The van der Waals surface area contributed by atoms with E-state index < -0.39 is 0 Å². The van der Waals surface area contributed by atoms with E-state index in [2.05, 4.69) is 32.9 Å². The minimum Gasteiger partial charge on any atom is -0.396 e. The van der Waals surface area contributed by atoms with Gasteiger partial charge in [0.25, 0.3) is 5.91 Å². The Morgan fingerprint density at radius 1 is 1.80 bits per heavy atom. The summed E-state index contributed by atoms with van der Waals surface area (Å²) < 4.78 is 2.26. The molecule has 5 nitrogen and oxygen atoms in total. The van der Waals surface area contributed by atoms with Crippen LogP contribution in [0.3, 0.4) is 0 Å². The summed E-state index contributed by atoms with van der Waals surface area (Å²) in [6, 6.07) is 0. The zero-order chi connectivity index (χ0) is 11.4. The highest BCUT2D eigenvalue weighted by molar-refractivity contribution is 9.11. The number of rotatable bonds is 4.